The van der Waals surface area contributed by atoms with Gasteiger partial charge in [0.2, 0.25) is 11.9 Å². The summed E-state index contributed by atoms with van der Waals surface area (Å²) in [6.45, 7) is 2.92. The van der Waals surface area contributed by atoms with Gasteiger partial charge in [-0.1, -0.05) is 13.3 Å². The van der Waals surface area contributed by atoms with Crippen LogP contribution >= 0.6 is 0 Å². The highest BCUT2D eigenvalue weighted by Gasteiger charge is 2.06. The molecule has 17 heavy (non-hydrogen) atoms. The van der Waals surface area contributed by atoms with E-state index >= 15 is 0 Å². The molecule has 3 N–H and O–H groups in total. The highest BCUT2D eigenvalue weighted by atomic mass is 15.4. The number of nitrogens with one attached hydrogen (secondary N) is 1. The first-order valence-corrected chi connectivity index (χ1v) is 5.40. The molecule has 0 fully saturated rings. The predicted octanol–water partition coefficient (Wildman–Crippen LogP) is 0.246. The van der Waals surface area contributed by atoms with Gasteiger partial charge in [-0.05, 0) is 6.42 Å². The second kappa shape index (κ2) is 5.19. The summed E-state index contributed by atoms with van der Waals surface area (Å²) in [5, 5.41) is 7.02. The minimum Gasteiger partial charge on any atom is -0.368 e. The van der Waals surface area contributed by atoms with Crippen LogP contribution in [0.5, 0.6) is 0 Å². The molecule has 90 valence electrons. The van der Waals surface area contributed by atoms with Crippen molar-refractivity contribution in [2.24, 2.45) is 0 Å². The molecular formula is C9H14N8. The van der Waals surface area contributed by atoms with Crippen LogP contribution < -0.4 is 11.1 Å². The number of rotatable bonds is 5. The highest BCUT2D eigenvalue weighted by Crippen LogP contribution is 2.05. The summed E-state index contributed by atoms with van der Waals surface area (Å²) in [6, 6.07) is 0. The quantitative estimate of drug-likeness (QED) is 0.714. The van der Waals surface area contributed by atoms with Crippen LogP contribution in [0.4, 0.5) is 11.9 Å². The zero-order valence-corrected chi connectivity index (χ0v) is 9.54. The second-order valence-corrected chi connectivity index (χ2v) is 3.44. The van der Waals surface area contributed by atoms with Gasteiger partial charge in [-0.3, -0.25) is 0 Å². The third-order valence-electron chi connectivity index (χ3n) is 2.08. The van der Waals surface area contributed by atoms with E-state index in [-0.39, 0.29) is 5.95 Å². The molecule has 0 aliphatic heterocycles. The van der Waals surface area contributed by atoms with E-state index in [1.807, 2.05) is 0 Å². The van der Waals surface area contributed by atoms with E-state index in [1.165, 1.54) is 17.3 Å². The van der Waals surface area contributed by atoms with Crippen LogP contribution in [0.25, 0.3) is 5.95 Å². The minimum absolute atomic E-state index is 0.157. The normalized spacial score (nSPS) is 10.4. The van der Waals surface area contributed by atoms with Crippen LogP contribution in [0.2, 0.25) is 0 Å². The molecule has 0 unspecified atom stereocenters. The Kier molecular flexibility index (Phi) is 3.43. The van der Waals surface area contributed by atoms with Gasteiger partial charge < -0.3 is 11.1 Å². The number of unbranched alkanes of at least 4 members (excludes halogenated alkanes) is 1. The largest absolute Gasteiger partial charge is 0.368 e. The molecule has 8 nitrogen and oxygen atoms in total. The van der Waals surface area contributed by atoms with Gasteiger partial charge in [-0.25, -0.2) is 4.98 Å². The van der Waals surface area contributed by atoms with E-state index in [4.69, 9.17) is 5.73 Å². The van der Waals surface area contributed by atoms with Crippen LogP contribution in [0, 0.1) is 0 Å². The van der Waals surface area contributed by atoms with Gasteiger partial charge >= 0.3 is 0 Å². The Bertz CT molecular complexity index is 466. The molecule has 0 atom stereocenters. The molecule has 2 aromatic heterocycles. The summed E-state index contributed by atoms with van der Waals surface area (Å²) in [5.41, 5.74) is 5.61. The number of anilines is 2. The molecule has 0 aromatic carbocycles. The summed E-state index contributed by atoms with van der Waals surface area (Å²) >= 11 is 0. The molecule has 0 amide bonds. The molecule has 8 heteroatoms. The molecule has 2 aromatic rings. The number of aromatic nitrogens is 6. The first kappa shape index (κ1) is 11.2. The van der Waals surface area contributed by atoms with E-state index in [0.29, 0.717) is 11.9 Å². The van der Waals surface area contributed by atoms with Crippen molar-refractivity contribution in [2.45, 2.75) is 19.8 Å². The average Bonchev–Trinajstić information content (AvgIpc) is 2.82. The molecule has 0 saturated carbocycles. The van der Waals surface area contributed by atoms with Crippen molar-refractivity contribution < 1.29 is 0 Å². The fraction of sp³-hybridized carbons (Fsp3) is 0.444. The van der Waals surface area contributed by atoms with Crippen LogP contribution in [0.3, 0.4) is 0 Å². The van der Waals surface area contributed by atoms with Crippen molar-refractivity contribution in [1.29, 1.82) is 0 Å². The molecule has 0 saturated heterocycles. The average molecular weight is 234 g/mol. The fourth-order valence-corrected chi connectivity index (χ4v) is 1.25. The van der Waals surface area contributed by atoms with Gasteiger partial charge in [0.15, 0.2) is 0 Å². The molecule has 0 aliphatic carbocycles. The summed E-state index contributed by atoms with van der Waals surface area (Å²) in [7, 11) is 0. The standard InChI is InChI=1S/C9H14N8/c1-2-3-4-12-8-14-7(10)15-9(16-8)17-6-11-5-13-17/h5-6H,2-4H2,1H3,(H3,10,12,14,15,16). The first-order valence-electron chi connectivity index (χ1n) is 5.40. The van der Waals surface area contributed by atoms with Crippen molar-refractivity contribution in [2.75, 3.05) is 17.6 Å². The second-order valence-electron chi connectivity index (χ2n) is 3.44. The number of hydrogen-bond acceptors (Lipinski definition) is 7. The maximum Gasteiger partial charge on any atom is 0.258 e. The summed E-state index contributed by atoms with van der Waals surface area (Å²) < 4.78 is 1.43. The van der Waals surface area contributed by atoms with E-state index in [0.717, 1.165) is 19.4 Å². The van der Waals surface area contributed by atoms with Gasteiger partial charge in [-0.2, -0.15) is 24.7 Å². The van der Waals surface area contributed by atoms with Crippen molar-refractivity contribution in [3.05, 3.63) is 12.7 Å². The van der Waals surface area contributed by atoms with Crippen LogP contribution in [0.1, 0.15) is 19.8 Å². The van der Waals surface area contributed by atoms with Crippen molar-refractivity contribution in [1.82, 2.24) is 29.7 Å². The van der Waals surface area contributed by atoms with Crippen molar-refractivity contribution in [3.8, 4) is 5.95 Å². The number of nitrogen functional groups attached to an aromatic ring is 1. The summed E-state index contributed by atoms with van der Waals surface area (Å²) in [5.74, 6) is 0.968. The maximum atomic E-state index is 5.61. The van der Waals surface area contributed by atoms with Crippen molar-refractivity contribution >= 4 is 11.9 Å². The van der Waals surface area contributed by atoms with Gasteiger partial charge in [-0.15, -0.1) is 0 Å². The maximum absolute atomic E-state index is 5.61. The Morgan fingerprint density at radius 2 is 2.24 bits per heavy atom. The summed E-state index contributed by atoms with van der Waals surface area (Å²) in [6.07, 6.45) is 5.06. The van der Waals surface area contributed by atoms with Gasteiger partial charge in [0.25, 0.3) is 5.95 Å². The zero-order valence-electron chi connectivity index (χ0n) is 9.54. The molecule has 0 bridgehead atoms. The summed E-state index contributed by atoms with van der Waals surface area (Å²) in [4.78, 5) is 16.0. The van der Waals surface area contributed by atoms with Crippen LogP contribution in [-0.2, 0) is 0 Å². The molecule has 2 rings (SSSR count). The lowest BCUT2D eigenvalue weighted by atomic mass is 10.3. The number of nitrogens with two attached hydrogens (primary N) is 1. The van der Waals surface area contributed by atoms with Crippen LogP contribution in [0.15, 0.2) is 12.7 Å². The lowest BCUT2D eigenvalue weighted by molar-refractivity contribution is 0.787. The van der Waals surface area contributed by atoms with Crippen molar-refractivity contribution in [3.63, 3.8) is 0 Å². The number of hydrogen-bond donors (Lipinski definition) is 2. The Morgan fingerprint density at radius 1 is 1.35 bits per heavy atom. The number of nitrogens with zero attached hydrogens (tertiary/aromatic N) is 6. The Morgan fingerprint density at radius 3 is 2.94 bits per heavy atom. The Balaban J connectivity index is 2.18. The SMILES string of the molecule is CCCCNc1nc(N)nc(-n2cncn2)n1. The topological polar surface area (TPSA) is 107 Å². The lowest BCUT2D eigenvalue weighted by Gasteiger charge is -2.05. The zero-order chi connectivity index (χ0) is 12.1. The smallest absolute Gasteiger partial charge is 0.258 e. The highest BCUT2D eigenvalue weighted by molar-refractivity contribution is 5.34. The fourth-order valence-electron chi connectivity index (χ4n) is 1.25. The third-order valence-corrected chi connectivity index (χ3v) is 2.08. The van der Waals surface area contributed by atoms with Gasteiger partial charge in [0, 0.05) is 6.54 Å². The first-order chi connectivity index (χ1) is 8.29. The van der Waals surface area contributed by atoms with E-state index in [1.54, 1.807) is 0 Å². The molecule has 0 spiro atoms. The van der Waals surface area contributed by atoms with Crippen LogP contribution in [-0.4, -0.2) is 36.3 Å². The molecular weight excluding hydrogens is 220 g/mol. The Labute approximate surface area is 98.3 Å². The third kappa shape index (κ3) is 2.86. The lowest BCUT2D eigenvalue weighted by Crippen LogP contribution is -2.12. The molecule has 0 radical (unpaired) electrons. The van der Waals surface area contributed by atoms with E-state index in [2.05, 4.69) is 37.3 Å². The molecule has 2 heterocycles. The van der Waals surface area contributed by atoms with Gasteiger partial charge in [0.05, 0.1) is 0 Å². The Hall–Kier alpha value is -2.25. The minimum atomic E-state index is 0.157. The van der Waals surface area contributed by atoms with Gasteiger partial charge in [0.1, 0.15) is 12.7 Å². The predicted molar refractivity (Wildman–Crippen MR) is 62.6 cm³/mol. The molecule has 0 aliphatic rings. The monoisotopic (exact) mass is 234 g/mol. The van der Waals surface area contributed by atoms with E-state index in [9.17, 15) is 0 Å². The van der Waals surface area contributed by atoms with E-state index < -0.39 is 0 Å².